The minimum absolute atomic E-state index is 0.0539. The van der Waals surface area contributed by atoms with Gasteiger partial charge in [-0.05, 0) is 37.5 Å². The third-order valence-corrected chi connectivity index (χ3v) is 3.18. The highest BCUT2D eigenvalue weighted by Gasteiger charge is 2.21. The molecule has 1 aliphatic carbocycles. The molecule has 0 aromatic heterocycles. The van der Waals surface area contributed by atoms with Gasteiger partial charge < -0.3 is 15.7 Å². The number of rotatable bonds is 6. The highest BCUT2D eigenvalue weighted by Crippen LogP contribution is 2.21. The van der Waals surface area contributed by atoms with E-state index in [4.69, 9.17) is 5.11 Å². The molecule has 0 aromatic carbocycles. The highest BCUT2D eigenvalue weighted by molar-refractivity contribution is 5.74. The first-order chi connectivity index (χ1) is 7.53. The Hall–Kier alpha value is -0.770. The van der Waals surface area contributed by atoms with E-state index in [2.05, 4.69) is 24.5 Å². The van der Waals surface area contributed by atoms with Crippen LogP contribution in [0.5, 0.6) is 0 Å². The Morgan fingerprint density at radius 2 is 2.12 bits per heavy atom. The Labute approximate surface area is 97.8 Å². The third kappa shape index (κ3) is 4.84. The molecule has 0 aromatic rings. The van der Waals surface area contributed by atoms with E-state index in [1.807, 2.05) is 0 Å². The number of carbonyl (C=O) groups is 1. The number of aliphatic hydroxyl groups is 1. The van der Waals surface area contributed by atoms with Crippen molar-refractivity contribution in [3.63, 3.8) is 0 Å². The predicted molar refractivity (Wildman–Crippen MR) is 64.3 cm³/mol. The molecule has 0 aliphatic heterocycles. The van der Waals surface area contributed by atoms with E-state index in [1.54, 1.807) is 0 Å². The molecule has 0 atom stereocenters. The smallest absolute Gasteiger partial charge is 0.315 e. The average Bonchev–Trinajstić information content (AvgIpc) is 2.18. The topological polar surface area (TPSA) is 61.4 Å². The monoisotopic (exact) mass is 228 g/mol. The quantitative estimate of drug-likeness (QED) is 0.647. The molecule has 94 valence electrons. The molecule has 0 heterocycles. The molecule has 0 spiro atoms. The summed E-state index contributed by atoms with van der Waals surface area (Å²) < 4.78 is 0. The van der Waals surface area contributed by atoms with Gasteiger partial charge in [-0.15, -0.1) is 0 Å². The second-order valence-corrected chi connectivity index (χ2v) is 5.45. The molecule has 16 heavy (non-hydrogen) atoms. The molecule has 4 nitrogen and oxygen atoms in total. The summed E-state index contributed by atoms with van der Waals surface area (Å²) in [5.41, 5.74) is 0.0552. The first-order valence-corrected chi connectivity index (χ1v) is 6.19. The van der Waals surface area contributed by atoms with E-state index in [-0.39, 0.29) is 18.1 Å². The van der Waals surface area contributed by atoms with Gasteiger partial charge >= 0.3 is 6.03 Å². The fraction of sp³-hybridized carbons (Fsp3) is 0.917. The molecule has 1 fully saturated rings. The van der Waals surface area contributed by atoms with E-state index in [0.717, 1.165) is 25.7 Å². The summed E-state index contributed by atoms with van der Waals surface area (Å²) in [7, 11) is 0. The number of urea groups is 1. The predicted octanol–water partition coefficient (Wildman–Crippen LogP) is 1.64. The van der Waals surface area contributed by atoms with Crippen molar-refractivity contribution in [3.8, 4) is 0 Å². The van der Waals surface area contributed by atoms with Crippen LogP contribution in [0.15, 0.2) is 0 Å². The molecule has 4 heteroatoms. The molecule has 1 rings (SSSR count). The van der Waals surface area contributed by atoms with Crippen molar-refractivity contribution in [2.75, 3.05) is 13.2 Å². The first-order valence-electron chi connectivity index (χ1n) is 6.19. The van der Waals surface area contributed by atoms with Crippen LogP contribution in [0.1, 0.15) is 46.0 Å². The highest BCUT2D eigenvalue weighted by atomic mass is 16.2. The Morgan fingerprint density at radius 3 is 2.62 bits per heavy atom. The number of aliphatic hydroxyl groups excluding tert-OH is 1. The maximum atomic E-state index is 11.5. The van der Waals surface area contributed by atoms with Crippen LogP contribution in [-0.2, 0) is 0 Å². The van der Waals surface area contributed by atoms with Crippen LogP contribution in [0.25, 0.3) is 0 Å². The van der Waals surface area contributed by atoms with Crippen molar-refractivity contribution in [1.29, 1.82) is 0 Å². The largest absolute Gasteiger partial charge is 0.396 e. The van der Waals surface area contributed by atoms with E-state index in [0.29, 0.717) is 12.6 Å². The average molecular weight is 228 g/mol. The van der Waals surface area contributed by atoms with Crippen LogP contribution in [-0.4, -0.2) is 30.3 Å². The zero-order valence-electron chi connectivity index (χ0n) is 10.4. The van der Waals surface area contributed by atoms with Crippen molar-refractivity contribution < 1.29 is 9.90 Å². The number of carbonyl (C=O) groups excluding carboxylic acids is 1. The van der Waals surface area contributed by atoms with Crippen molar-refractivity contribution in [2.45, 2.75) is 52.0 Å². The van der Waals surface area contributed by atoms with E-state index >= 15 is 0 Å². The molecule has 0 unspecified atom stereocenters. The van der Waals surface area contributed by atoms with Crippen LogP contribution in [0.2, 0.25) is 0 Å². The Balaban J connectivity index is 2.13. The molecule has 0 radical (unpaired) electrons. The van der Waals surface area contributed by atoms with E-state index < -0.39 is 0 Å². The van der Waals surface area contributed by atoms with Gasteiger partial charge in [0.05, 0.1) is 0 Å². The summed E-state index contributed by atoms with van der Waals surface area (Å²) in [5.74, 6) is 0. The third-order valence-electron chi connectivity index (χ3n) is 3.18. The minimum Gasteiger partial charge on any atom is -0.396 e. The van der Waals surface area contributed by atoms with Crippen molar-refractivity contribution in [2.24, 2.45) is 5.41 Å². The summed E-state index contributed by atoms with van der Waals surface area (Å²) in [6.07, 6.45) is 5.17. The number of nitrogens with one attached hydrogen (secondary N) is 2. The summed E-state index contributed by atoms with van der Waals surface area (Å²) in [6.45, 7) is 5.09. The lowest BCUT2D eigenvalue weighted by Crippen LogP contribution is -2.47. The minimum atomic E-state index is -0.0539. The van der Waals surface area contributed by atoms with E-state index in [9.17, 15) is 4.79 Å². The van der Waals surface area contributed by atoms with Gasteiger partial charge in [-0.1, -0.05) is 13.8 Å². The van der Waals surface area contributed by atoms with Gasteiger partial charge in [0.25, 0.3) is 0 Å². The second kappa shape index (κ2) is 6.09. The molecule has 0 saturated heterocycles. The van der Waals surface area contributed by atoms with Crippen LogP contribution in [0, 0.1) is 5.41 Å². The summed E-state index contributed by atoms with van der Waals surface area (Å²) in [4.78, 5) is 11.5. The standard InChI is InChI=1S/C12H24N2O2/c1-12(2,7-4-8-15)9-13-11(16)14-10-5-3-6-10/h10,15H,3-9H2,1-2H3,(H2,13,14,16). The van der Waals surface area contributed by atoms with Gasteiger partial charge in [0, 0.05) is 19.2 Å². The molecular formula is C12H24N2O2. The Bertz CT molecular complexity index is 225. The van der Waals surface area contributed by atoms with Gasteiger partial charge in [0.1, 0.15) is 0 Å². The van der Waals surface area contributed by atoms with Crippen molar-refractivity contribution >= 4 is 6.03 Å². The summed E-state index contributed by atoms with van der Waals surface area (Å²) >= 11 is 0. The van der Waals surface area contributed by atoms with Crippen LogP contribution in [0.3, 0.4) is 0 Å². The Kier molecular flexibility index (Phi) is 5.06. The van der Waals surface area contributed by atoms with Gasteiger partial charge in [0.15, 0.2) is 0 Å². The zero-order chi connectivity index (χ0) is 12.0. The van der Waals surface area contributed by atoms with Crippen molar-refractivity contribution in [1.82, 2.24) is 10.6 Å². The molecule has 1 saturated carbocycles. The Morgan fingerprint density at radius 1 is 1.44 bits per heavy atom. The zero-order valence-corrected chi connectivity index (χ0v) is 10.4. The lowest BCUT2D eigenvalue weighted by atomic mass is 9.88. The number of amides is 2. The van der Waals surface area contributed by atoms with Gasteiger partial charge in [-0.2, -0.15) is 0 Å². The first kappa shape index (κ1) is 13.3. The van der Waals surface area contributed by atoms with Gasteiger partial charge in [0.2, 0.25) is 0 Å². The molecule has 1 aliphatic rings. The van der Waals surface area contributed by atoms with Crippen LogP contribution >= 0.6 is 0 Å². The summed E-state index contributed by atoms with van der Waals surface area (Å²) in [5, 5.41) is 14.6. The molecular weight excluding hydrogens is 204 g/mol. The molecule has 2 amide bonds. The lowest BCUT2D eigenvalue weighted by Gasteiger charge is -2.28. The SMILES string of the molecule is CC(C)(CCCO)CNC(=O)NC1CCC1. The fourth-order valence-electron chi connectivity index (χ4n) is 1.75. The van der Waals surface area contributed by atoms with Crippen molar-refractivity contribution in [3.05, 3.63) is 0 Å². The maximum Gasteiger partial charge on any atom is 0.315 e. The van der Waals surface area contributed by atoms with Gasteiger partial charge in [-0.3, -0.25) is 0 Å². The maximum absolute atomic E-state index is 11.5. The van der Waals surface area contributed by atoms with Gasteiger partial charge in [-0.25, -0.2) is 4.79 Å². The molecule has 3 N–H and O–H groups in total. The second-order valence-electron chi connectivity index (χ2n) is 5.45. The van der Waals surface area contributed by atoms with Crippen LogP contribution in [0.4, 0.5) is 4.79 Å². The normalized spacial score (nSPS) is 16.7. The summed E-state index contributed by atoms with van der Waals surface area (Å²) in [6, 6.07) is 0.335. The fourth-order valence-corrected chi connectivity index (χ4v) is 1.75. The number of hydrogen-bond acceptors (Lipinski definition) is 2. The number of hydrogen-bond donors (Lipinski definition) is 3. The lowest BCUT2D eigenvalue weighted by molar-refractivity contribution is 0.213. The van der Waals surface area contributed by atoms with Crippen LogP contribution < -0.4 is 10.6 Å². The molecule has 0 bridgehead atoms. The van der Waals surface area contributed by atoms with E-state index in [1.165, 1.54) is 6.42 Å².